The molecule has 4 aromatic carbocycles. The Balaban J connectivity index is 1.34. The zero-order valence-corrected chi connectivity index (χ0v) is 19.7. The molecule has 4 rings (SSSR count). The molecule has 194 valence electrons. The Hall–Kier alpha value is -3.69. The Morgan fingerprint density at radius 3 is 1.16 bits per heavy atom. The van der Waals surface area contributed by atoms with E-state index in [2.05, 4.69) is 0 Å². The van der Waals surface area contributed by atoms with Crippen LogP contribution in [0, 0.1) is 0 Å². The van der Waals surface area contributed by atoms with Crippen LogP contribution in [0.4, 0.5) is 26.3 Å². The number of hydrogen-bond donors (Lipinski definition) is 2. The predicted molar refractivity (Wildman–Crippen MR) is 135 cm³/mol. The van der Waals surface area contributed by atoms with Gasteiger partial charge in [0.05, 0.1) is 11.1 Å². The Morgan fingerprint density at radius 1 is 0.500 bits per heavy atom. The zero-order valence-electron chi connectivity index (χ0n) is 19.7. The molecule has 0 amide bonds. The Labute approximate surface area is 215 Å². The number of ether oxygens (including phenoxy) is 1. The maximum atomic E-state index is 12.7. The molecule has 4 aromatic rings. The highest BCUT2D eigenvalue weighted by molar-refractivity contribution is 6.79. The molecule has 0 bridgehead atoms. The van der Waals surface area contributed by atoms with Crippen molar-refractivity contribution in [2.24, 2.45) is 0 Å². The van der Waals surface area contributed by atoms with Crippen molar-refractivity contribution in [3.05, 3.63) is 114 Å². The van der Waals surface area contributed by atoms with Gasteiger partial charge in [0.15, 0.2) is 0 Å². The fourth-order valence-corrected chi connectivity index (χ4v) is 3.80. The van der Waals surface area contributed by atoms with E-state index in [1.807, 2.05) is 0 Å². The standard InChI is InChI=1S/C27H20B2F6O3/c30-26(31,32)19-3-9-22(10-4-19)28(36)21-7-1-18(2-8-21)17-38-25-15-13-24(14-16-25)29(37)23-11-5-20(6-12-23)27(33,34)35/h1-16,36-37H,17H2. The van der Waals surface area contributed by atoms with Gasteiger partial charge in [-0.15, -0.1) is 0 Å². The summed E-state index contributed by atoms with van der Waals surface area (Å²) in [5.41, 5.74) is 0.851. The molecule has 38 heavy (non-hydrogen) atoms. The van der Waals surface area contributed by atoms with Crippen molar-refractivity contribution in [1.29, 1.82) is 0 Å². The van der Waals surface area contributed by atoms with Crippen LogP contribution in [0.2, 0.25) is 0 Å². The van der Waals surface area contributed by atoms with E-state index in [1.54, 1.807) is 48.5 Å². The van der Waals surface area contributed by atoms with E-state index < -0.39 is 37.3 Å². The molecule has 0 atom stereocenters. The zero-order chi connectivity index (χ0) is 27.5. The SMILES string of the molecule is OB(c1ccc(COc2ccc(B(O)c3ccc(C(F)(F)F)cc3)cc2)cc1)c1ccc(C(F)(F)F)cc1. The molecule has 0 saturated heterocycles. The van der Waals surface area contributed by atoms with Gasteiger partial charge in [0.25, 0.3) is 0 Å². The number of rotatable bonds is 7. The van der Waals surface area contributed by atoms with Crippen molar-refractivity contribution < 1.29 is 41.1 Å². The van der Waals surface area contributed by atoms with E-state index in [1.165, 1.54) is 24.3 Å². The van der Waals surface area contributed by atoms with Gasteiger partial charge < -0.3 is 14.8 Å². The van der Waals surface area contributed by atoms with E-state index in [9.17, 15) is 36.4 Å². The lowest BCUT2D eigenvalue weighted by Crippen LogP contribution is -2.42. The Bertz CT molecular complexity index is 1230. The molecule has 11 heteroatoms. The van der Waals surface area contributed by atoms with E-state index in [0.29, 0.717) is 27.6 Å². The van der Waals surface area contributed by atoms with E-state index in [0.717, 1.165) is 29.8 Å². The Kier molecular flexibility index (Phi) is 7.89. The summed E-state index contributed by atoms with van der Waals surface area (Å²) in [6.07, 6.45) is -8.90. The highest BCUT2D eigenvalue weighted by Crippen LogP contribution is 2.29. The van der Waals surface area contributed by atoms with Crippen LogP contribution in [0.25, 0.3) is 0 Å². The average Bonchev–Trinajstić information content (AvgIpc) is 2.91. The smallest absolute Gasteiger partial charge is 0.416 e. The lowest BCUT2D eigenvalue weighted by atomic mass is 9.56. The fourth-order valence-electron chi connectivity index (χ4n) is 3.80. The summed E-state index contributed by atoms with van der Waals surface area (Å²) in [6.45, 7) is -2.00. The molecule has 0 unspecified atom stereocenters. The summed E-state index contributed by atoms with van der Waals surface area (Å²) in [6, 6.07) is 21.9. The summed E-state index contributed by atoms with van der Waals surface area (Å²) in [7, 11) is 0. The molecule has 2 N–H and O–H groups in total. The third-order valence-corrected chi connectivity index (χ3v) is 6.00. The molecule has 0 fully saturated rings. The minimum Gasteiger partial charge on any atom is -0.489 e. The molecular formula is C27H20B2F6O3. The minimum absolute atomic E-state index is 0.192. The van der Waals surface area contributed by atoms with Crippen LogP contribution in [0.5, 0.6) is 5.75 Å². The number of benzene rings is 4. The molecular weight excluding hydrogens is 508 g/mol. The van der Waals surface area contributed by atoms with Crippen molar-refractivity contribution in [3.8, 4) is 5.75 Å². The lowest BCUT2D eigenvalue weighted by molar-refractivity contribution is -0.138. The van der Waals surface area contributed by atoms with Crippen molar-refractivity contribution in [2.75, 3.05) is 0 Å². The normalized spacial score (nSPS) is 11.8. The fraction of sp³-hybridized carbons (Fsp3) is 0.111. The first-order valence-electron chi connectivity index (χ1n) is 11.4. The van der Waals surface area contributed by atoms with Crippen LogP contribution in [0.1, 0.15) is 16.7 Å². The van der Waals surface area contributed by atoms with Crippen LogP contribution in [-0.4, -0.2) is 23.9 Å². The van der Waals surface area contributed by atoms with Crippen LogP contribution in [0.3, 0.4) is 0 Å². The van der Waals surface area contributed by atoms with Crippen molar-refractivity contribution in [1.82, 2.24) is 0 Å². The van der Waals surface area contributed by atoms with Gasteiger partial charge >= 0.3 is 26.2 Å². The summed E-state index contributed by atoms with van der Waals surface area (Å²) in [5, 5.41) is 21.0. The second-order valence-corrected chi connectivity index (χ2v) is 8.64. The van der Waals surface area contributed by atoms with E-state index in [-0.39, 0.29) is 6.61 Å². The molecule has 0 aliphatic rings. The highest BCUT2D eigenvalue weighted by atomic mass is 19.4. The van der Waals surface area contributed by atoms with Gasteiger partial charge in [-0.3, -0.25) is 0 Å². The molecule has 3 nitrogen and oxygen atoms in total. The second kappa shape index (κ2) is 11.0. The summed E-state index contributed by atoms with van der Waals surface area (Å²) < 4.78 is 82.2. The number of halogens is 6. The second-order valence-electron chi connectivity index (χ2n) is 8.64. The number of alkyl halides is 6. The molecule has 0 heterocycles. The predicted octanol–water partition coefficient (Wildman–Crippen LogP) is 3.50. The third kappa shape index (κ3) is 6.59. The van der Waals surface area contributed by atoms with Crippen molar-refractivity contribution in [3.63, 3.8) is 0 Å². The maximum Gasteiger partial charge on any atom is 0.416 e. The summed E-state index contributed by atoms with van der Waals surface area (Å²) in [4.78, 5) is 0. The largest absolute Gasteiger partial charge is 0.489 e. The van der Waals surface area contributed by atoms with Gasteiger partial charge in [-0.2, -0.15) is 26.3 Å². The first kappa shape index (κ1) is 27.3. The molecule has 0 radical (unpaired) electrons. The van der Waals surface area contributed by atoms with Gasteiger partial charge in [0.1, 0.15) is 12.4 Å². The van der Waals surface area contributed by atoms with Gasteiger partial charge in [-0.1, -0.05) is 84.9 Å². The van der Waals surface area contributed by atoms with Gasteiger partial charge in [-0.05, 0) is 39.5 Å². The van der Waals surface area contributed by atoms with Crippen LogP contribution >= 0.6 is 0 Å². The lowest BCUT2D eigenvalue weighted by Gasteiger charge is -2.12. The van der Waals surface area contributed by atoms with Gasteiger partial charge in [0, 0.05) is 0 Å². The molecule has 0 saturated carbocycles. The molecule has 0 spiro atoms. The maximum absolute atomic E-state index is 12.7. The van der Waals surface area contributed by atoms with Crippen molar-refractivity contribution in [2.45, 2.75) is 19.0 Å². The average molecular weight is 528 g/mol. The topological polar surface area (TPSA) is 49.7 Å². The summed E-state index contributed by atoms with van der Waals surface area (Å²) in [5.74, 6) is 0.502. The minimum atomic E-state index is -4.45. The molecule has 0 aliphatic carbocycles. The first-order chi connectivity index (χ1) is 17.9. The van der Waals surface area contributed by atoms with Crippen LogP contribution < -0.4 is 26.6 Å². The quantitative estimate of drug-likeness (QED) is 0.286. The van der Waals surface area contributed by atoms with Crippen LogP contribution in [0.15, 0.2) is 97.1 Å². The first-order valence-corrected chi connectivity index (χ1v) is 11.4. The Morgan fingerprint density at radius 2 is 0.816 bits per heavy atom. The molecule has 0 aromatic heterocycles. The van der Waals surface area contributed by atoms with Gasteiger partial charge in [-0.25, -0.2) is 0 Å². The highest BCUT2D eigenvalue weighted by Gasteiger charge is 2.31. The monoisotopic (exact) mass is 528 g/mol. The van der Waals surface area contributed by atoms with Crippen LogP contribution in [-0.2, 0) is 19.0 Å². The number of hydrogen-bond acceptors (Lipinski definition) is 3. The van der Waals surface area contributed by atoms with Crippen molar-refractivity contribution >= 4 is 35.7 Å². The van der Waals surface area contributed by atoms with Gasteiger partial charge in [0.2, 0.25) is 0 Å². The summed E-state index contributed by atoms with van der Waals surface area (Å²) >= 11 is 0. The third-order valence-electron chi connectivity index (χ3n) is 6.00. The van der Waals surface area contributed by atoms with E-state index >= 15 is 0 Å². The van der Waals surface area contributed by atoms with E-state index in [4.69, 9.17) is 4.74 Å². The molecule has 0 aliphatic heterocycles.